The van der Waals surface area contributed by atoms with Gasteiger partial charge in [-0.3, -0.25) is 4.79 Å². The number of piperazine rings is 1. The summed E-state index contributed by atoms with van der Waals surface area (Å²) in [4.78, 5) is 14.4. The van der Waals surface area contributed by atoms with Gasteiger partial charge in [0.2, 0.25) is 15.9 Å². The first-order valence-corrected chi connectivity index (χ1v) is 10.9. The number of piperidine rings is 1. The third-order valence-corrected chi connectivity index (χ3v) is 7.26. The van der Waals surface area contributed by atoms with Gasteiger partial charge < -0.3 is 14.7 Å². The fourth-order valence-corrected chi connectivity index (χ4v) is 5.17. The highest BCUT2D eigenvalue weighted by atomic mass is 35.5. The largest absolute Gasteiger partial charge is 0.364 e. The highest BCUT2D eigenvalue weighted by molar-refractivity contribution is 7.88. The Kier molecular flexibility index (Phi) is 8.08. The average Bonchev–Trinajstić information content (AvgIpc) is 3.14. The van der Waals surface area contributed by atoms with E-state index in [9.17, 15) is 13.2 Å². The molecule has 2 aliphatic rings. The molecule has 0 aliphatic carbocycles. The van der Waals surface area contributed by atoms with E-state index in [1.165, 1.54) is 23.4 Å². The molecule has 3 heterocycles. The Morgan fingerprint density at radius 1 is 1.37 bits per heavy atom. The van der Waals surface area contributed by atoms with Crippen molar-refractivity contribution >= 4 is 28.3 Å². The number of carbonyl (C=O) groups is 1. The molecule has 2 aliphatic heterocycles. The minimum absolute atomic E-state index is 0. The lowest BCUT2D eigenvalue weighted by atomic mass is 9.85. The Morgan fingerprint density at radius 2 is 2.11 bits per heavy atom. The summed E-state index contributed by atoms with van der Waals surface area (Å²) in [7, 11) is -3.43. The number of halogens is 1. The van der Waals surface area contributed by atoms with Crippen molar-refractivity contribution in [2.75, 3.05) is 39.3 Å². The molecule has 0 saturated carbocycles. The molecular weight excluding hydrogens is 392 g/mol. The Bertz CT molecular complexity index is 684. The van der Waals surface area contributed by atoms with Crippen molar-refractivity contribution in [3.05, 3.63) is 18.0 Å². The van der Waals surface area contributed by atoms with Gasteiger partial charge in [0.25, 0.3) is 0 Å². The van der Waals surface area contributed by atoms with Crippen molar-refractivity contribution in [3.8, 4) is 0 Å². The zero-order valence-electron chi connectivity index (χ0n) is 15.7. The number of rotatable bonds is 6. The second-order valence-corrected chi connectivity index (χ2v) is 9.28. The predicted molar refractivity (Wildman–Crippen MR) is 104 cm³/mol. The van der Waals surface area contributed by atoms with Gasteiger partial charge in [0, 0.05) is 38.7 Å². The van der Waals surface area contributed by atoms with E-state index in [-0.39, 0.29) is 24.1 Å². The molecule has 154 valence electrons. The number of carbonyl (C=O) groups excluding carboxylic acids is 1. The van der Waals surface area contributed by atoms with Gasteiger partial charge in [-0.15, -0.1) is 12.4 Å². The topological polar surface area (TPSA) is 95.8 Å². The lowest BCUT2D eigenvalue weighted by Crippen LogP contribution is -2.51. The second kappa shape index (κ2) is 9.86. The van der Waals surface area contributed by atoms with Crippen LogP contribution >= 0.6 is 12.4 Å². The van der Waals surface area contributed by atoms with Crippen LogP contribution in [0.1, 0.15) is 31.9 Å². The molecule has 27 heavy (non-hydrogen) atoms. The Hall–Kier alpha value is -1.16. The summed E-state index contributed by atoms with van der Waals surface area (Å²) in [5, 5.41) is 7.06. The highest BCUT2D eigenvalue weighted by Gasteiger charge is 2.31. The standard InChI is InChI=1S/C17H28N4O4S.ClH/c1-14(15-3-2-5-18-12-15)11-17(22)20-6-8-21(9-7-20)26(23,24)13-16-4-10-25-19-16;/h4,10,14-15,18H,2-3,5-9,11-13H2,1H3;1H. The maximum Gasteiger partial charge on any atom is 0.222 e. The van der Waals surface area contributed by atoms with Crippen LogP contribution in [0, 0.1) is 11.8 Å². The van der Waals surface area contributed by atoms with E-state index in [0.717, 1.165) is 13.1 Å². The zero-order chi connectivity index (χ0) is 18.6. The lowest BCUT2D eigenvalue weighted by Gasteiger charge is -2.35. The molecule has 10 heteroatoms. The van der Waals surface area contributed by atoms with Crippen LogP contribution in [0.4, 0.5) is 0 Å². The molecular formula is C17H29ClN4O4S. The maximum absolute atomic E-state index is 12.6. The quantitative estimate of drug-likeness (QED) is 0.740. The van der Waals surface area contributed by atoms with Gasteiger partial charge in [0.05, 0.1) is 5.69 Å². The first kappa shape index (κ1) is 22.1. The Labute approximate surface area is 167 Å². The fourth-order valence-electron chi connectivity index (χ4n) is 3.74. The molecule has 0 aromatic carbocycles. The van der Waals surface area contributed by atoms with E-state index in [1.807, 2.05) is 0 Å². The van der Waals surface area contributed by atoms with E-state index in [1.54, 1.807) is 11.0 Å². The van der Waals surface area contributed by atoms with Gasteiger partial charge in [0.1, 0.15) is 12.0 Å². The minimum atomic E-state index is -3.43. The molecule has 2 atom stereocenters. The maximum atomic E-state index is 12.6. The van der Waals surface area contributed by atoms with Gasteiger partial charge in [-0.2, -0.15) is 4.31 Å². The first-order chi connectivity index (χ1) is 12.5. The molecule has 1 aromatic rings. The number of nitrogens with one attached hydrogen (secondary N) is 1. The van der Waals surface area contributed by atoms with Gasteiger partial charge in [-0.05, 0) is 37.8 Å². The summed E-state index contributed by atoms with van der Waals surface area (Å²) in [5.41, 5.74) is 0.401. The normalized spacial score (nSPS) is 22.9. The molecule has 8 nitrogen and oxygen atoms in total. The molecule has 2 fully saturated rings. The predicted octanol–water partition coefficient (Wildman–Crippen LogP) is 1.10. The average molecular weight is 421 g/mol. The van der Waals surface area contributed by atoms with Gasteiger partial charge in [-0.25, -0.2) is 8.42 Å². The number of nitrogens with zero attached hydrogens (tertiary/aromatic N) is 3. The van der Waals surface area contributed by atoms with Crippen LogP contribution in [0.2, 0.25) is 0 Å². The van der Waals surface area contributed by atoms with E-state index < -0.39 is 10.0 Å². The van der Waals surface area contributed by atoms with Crippen LogP contribution in [0.5, 0.6) is 0 Å². The molecule has 2 saturated heterocycles. The van der Waals surface area contributed by atoms with Crippen molar-refractivity contribution in [1.29, 1.82) is 0 Å². The van der Waals surface area contributed by atoms with Crippen LogP contribution in [0.25, 0.3) is 0 Å². The number of sulfonamides is 1. The van der Waals surface area contributed by atoms with Gasteiger partial charge in [0.15, 0.2) is 0 Å². The van der Waals surface area contributed by atoms with Crippen molar-refractivity contribution in [2.24, 2.45) is 11.8 Å². The van der Waals surface area contributed by atoms with E-state index in [0.29, 0.717) is 50.1 Å². The van der Waals surface area contributed by atoms with Gasteiger partial charge >= 0.3 is 0 Å². The SMILES string of the molecule is CC(CC(=O)N1CCN(S(=O)(=O)Cc2ccon2)CC1)C1CCCNC1.Cl. The van der Waals surface area contributed by atoms with Crippen molar-refractivity contribution in [3.63, 3.8) is 0 Å². The van der Waals surface area contributed by atoms with Crippen molar-refractivity contribution < 1.29 is 17.7 Å². The molecule has 0 spiro atoms. The molecule has 0 radical (unpaired) electrons. The van der Waals surface area contributed by atoms with Crippen molar-refractivity contribution in [2.45, 2.75) is 31.9 Å². The minimum Gasteiger partial charge on any atom is -0.364 e. The Balaban J connectivity index is 0.00000261. The molecule has 1 amide bonds. The molecule has 1 N–H and O–H groups in total. The van der Waals surface area contributed by atoms with Crippen LogP contribution in [-0.2, 0) is 20.6 Å². The van der Waals surface area contributed by atoms with Crippen LogP contribution in [0.3, 0.4) is 0 Å². The highest BCUT2D eigenvalue weighted by Crippen LogP contribution is 2.23. The summed E-state index contributed by atoms with van der Waals surface area (Å²) in [6.45, 7) is 5.79. The summed E-state index contributed by atoms with van der Waals surface area (Å²) < 4.78 is 31.0. The second-order valence-electron chi connectivity index (χ2n) is 7.31. The fraction of sp³-hybridized carbons (Fsp3) is 0.765. The monoisotopic (exact) mass is 420 g/mol. The first-order valence-electron chi connectivity index (χ1n) is 9.31. The molecule has 2 unspecified atom stereocenters. The number of amides is 1. The summed E-state index contributed by atoms with van der Waals surface area (Å²) in [5.74, 6) is 0.876. The molecule has 3 rings (SSSR count). The number of hydrogen-bond acceptors (Lipinski definition) is 6. The van der Waals surface area contributed by atoms with E-state index in [2.05, 4.69) is 17.4 Å². The van der Waals surface area contributed by atoms with Crippen LogP contribution in [0.15, 0.2) is 16.9 Å². The number of hydrogen-bond donors (Lipinski definition) is 1. The Morgan fingerprint density at radius 3 is 2.70 bits per heavy atom. The zero-order valence-corrected chi connectivity index (χ0v) is 17.3. The summed E-state index contributed by atoms with van der Waals surface area (Å²) in [6.07, 6.45) is 4.25. The third kappa shape index (κ3) is 5.91. The summed E-state index contributed by atoms with van der Waals surface area (Å²) in [6, 6.07) is 1.55. The van der Waals surface area contributed by atoms with Crippen molar-refractivity contribution in [1.82, 2.24) is 19.7 Å². The van der Waals surface area contributed by atoms with E-state index >= 15 is 0 Å². The summed E-state index contributed by atoms with van der Waals surface area (Å²) >= 11 is 0. The van der Waals surface area contributed by atoms with E-state index in [4.69, 9.17) is 4.52 Å². The van der Waals surface area contributed by atoms with Crippen LogP contribution in [-0.4, -0.2) is 68.0 Å². The third-order valence-electron chi connectivity index (χ3n) is 5.44. The van der Waals surface area contributed by atoms with Crippen LogP contribution < -0.4 is 5.32 Å². The molecule has 0 bridgehead atoms. The van der Waals surface area contributed by atoms with Gasteiger partial charge in [-0.1, -0.05) is 12.1 Å². The smallest absolute Gasteiger partial charge is 0.222 e. The lowest BCUT2D eigenvalue weighted by molar-refractivity contribution is -0.133. The number of aromatic nitrogens is 1. The molecule has 1 aromatic heterocycles.